The minimum absolute atomic E-state index is 0.0203. The highest BCUT2D eigenvalue weighted by atomic mass is 16.5. The van der Waals surface area contributed by atoms with Crippen molar-refractivity contribution in [2.45, 2.75) is 0 Å². The van der Waals surface area contributed by atoms with Crippen LogP contribution in [-0.4, -0.2) is 26.0 Å². The summed E-state index contributed by atoms with van der Waals surface area (Å²) in [5.74, 6) is -0.0344. The van der Waals surface area contributed by atoms with Crippen molar-refractivity contribution in [1.29, 1.82) is 0 Å². The first-order valence-corrected chi connectivity index (χ1v) is 6.75. The fourth-order valence-electron chi connectivity index (χ4n) is 1.91. The molecule has 0 N–H and O–H groups in total. The van der Waals surface area contributed by atoms with Crippen LogP contribution in [0.15, 0.2) is 60.2 Å². The van der Waals surface area contributed by atoms with Gasteiger partial charge < -0.3 is 9.47 Å². The van der Waals surface area contributed by atoms with Gasteiger partial charge in [-0.05, 0) is 23.8 Å². The molecule has 0 spiro atoms. The zero-order chi connectivity index (χ0) is 15.8. The predicted octanol–water partition coefficient (Wildman–Crippen LogP) is 3.13. The number of hydrogen-bond acceptors (Lipinski definition) is 4. The fraction of sp³-hybridized carbons (Fsp3) is 0.111. The topological polar surface area (TPSA) is 52.6 Å². The van der Waals surface area contributed by atoms with Crippen molar-refractivity contribution in [2.24, 2.45) is 0 Å². The highest BCUT2D eigenvalue weighted by Gasteiger charge is 2.12. The normalized spacial score (nSPS) is 10.9. The molecule has 0 aliphatic carbocycles. The summed E-state index contributed by atoms with van der Waals surface area (Å²) in [6, 6.07) is 16.3. The van der Waals surface area contributed by atoms with E-state index in [0.717, 1.165) is 5.56 Å². The van der Waals surface area contributed by atoms with Crippen LogP contribution in [0, 0.1) is 0 Å². The number of para-hydroxylation sites is 1. The molecule has 4 nitrogen and oxygen atoms in total. The summed E-state index contributed by atoms with van der Waals surface area (Å²) in [5, 5.41) is 0. The van der Waals surface area contributed by atoms with E-state index in [9.17, 15) is 9.59 Å². The van der Waals surface area contributed by atoms with E-state index >= 15 is 0 Å². The first-order chi connectivity index (χ1) is 10.7. The molecule has 2 rings (SSSR count). The van der Waals surface area contributed by atoms with Gasteiger partial charge in [-0.1, -0.05) is 42.5 Å². The maximum absolute atomic E-state index is 11.9. The molecule has 0 aromatic heterocycles. The molecular formula is C18H16O4. The van der Waals surface area contributed by atoms with Crippen molar-refractivity contribution in [3.05, 3.63) is 71.3 Å². The van der Waals surface area contributed by atoms with E-state index in [0.29, 0.717) is 23.2 Å². The van der Waals surface area contributed by atoms with Crippen LogP contribution >= 0.6 is 0 Å². The number of carbonyl (C=O) groups is 2. The third kappa shape index (κ3) is 4.06. The number of benzene rings is 2. The van der Waals surface area contributed by atoms with Crippen molar-refractivity contribution in [1.82, 2.24) is 0 Å². The van der Waals surface area contributed by atoms with Gasteiger partial charge in [-0.25, -0.2) is 4.79 Å². The third-order valence-electron chi connectivity index (χ3n) is 3.02. The summed E-state index contributed by atoms with van der Waals surface area (Å²) >= 11 is 0. The van der Waals surface area contributed by atoms with Gasteiger partial charge in [0.15, 0.2) is 6.29 Å². The van der Waals surface area contributed by atoms with Crippen LogP contribution in [0.4, 0.5) is 0 Å². The third-order valence-corrected chi connectivity index (χ3v) is 3.02. The Balaban J connectivity index is 2.19. The first-order valence-electron chi connectivity index (χ1n) is 6.75. The minimum atomic E-state index is -0.465. The molecule has 0 aliphatic heterocycles. The number of ether oxygens (including phenoxy) is 2. The van der Waals surface area contributed by atoms with Gasteiger partial charge in [-0.3, -0.25) is 4.79 Å². The average molecular weight is 296 g/mol. The molecule has 0 unspecified atom stereocenters. The Morgan fingerprint density at radius 1 is 1.05 bits per heavy atom. The summed E-state index contributed by atoms with van der Waals surface area (Å²) in [4.78, 5) is 22.8. The fourth-order valence-corrected chi connectivity index (χ4v) is 1.91. The molecule has 0 fully saturated rings. The molecule has 0 bridgehead atoms. The molecule has 2 aromatic rings. The lowest BCUT2D eigenvalue weighted by Gasteiger charge is -2.10. The van der Waals surface area contributed by atoms with Crippen molar-refractivity contribution < 1.29 is 19.1 Å². The molecule has 0 heterocycles. The monoisotopic (exact) mass is 296 g/mol. The zero-order valence-corrected chi connectivity index (χ0v) is 12.2. The second-order valence-electron chi connectivity index (χ2n) is 4.52. The second-order valence-corrected chi connectivity index (χ2v) is 4.52. The lowest BCUT2D eigenvalue weighted by Crippen LogP contribution is -2.13. The van der Waals surface area contributed by atoms with E-state index in [2.05, 4.69) is 0 Å². The lowest BCUT2D eigenvalue weighted by atomic mass is 10.1. The van der Waals surface area contributed by atoms with Crippen LogP contribution in [-0.2, 0) is 9.53 Å². The average Bonchev–Trinajstić information content (AvgIpc) is 2.59. The van der Waals surface area contributed by atoms with E-state index in [-0.39, 0.29) is 6.61 Å². The minimum Gasteiger partial charge on any atom is -0.488 e. The Hall–Kier alpha value is -2.88. The smallest absolute Gasteiger partial charge is 0.337 e. The molecule has 4 heteroatoms. The Morgan fingerprint density at radius 2 is 1.73 bits per heavy atom. The number of esters is 1. The van der Waals surface area contributed by atoms with Gasteiger partial charge >= 0.3 is 5.97 Å². The quantitative estimate of drug-likeness (QED) is 0.467. The molecule has 112 valence electrons. The van der Waals surface area contributed by atoms with Crippen molar-refractivity contribution >= 4 is 18.3 Å². The molecule has 22 heavy (non-hydrogen) atoms. The molecule has 0 aliphatic rings. The van der Waals surface area contributed by atoms with Gasteiger partial charge in [0.1, 0.15) is 12.4 Å². The maximum atomic E-state index is 11.9. The van der Waals surface area contributed by atoms with Crippen molar-refractivity contribution in [3.8, 4) is 5.75 Å². The summed E-state index contributed by atoms with van der Waals surface area (Å²) in [7, 11) is 1.32. The standard InChI is InChI=1S/C18H16O4/c1-21-18(20)16(11-14-7-3-2-4-8-14)13-22-17-10-6-5-9-15(17)12-19/h2-12H,13H2,1H3/b16-11+. The molecule has 0 radical (unpaired) electrons. The number of hydrogen-bond donors (Lipinski definition) is 0. The highest BCUT2D eigenvalue weighted by Crippen LogP contribution is 2.17. The number of carbonyl (C=O) groups excluding carboxylic acids is 2. The summed E-state index contributed by atoms with van der Waals surface area (Å²) in [6.07, 6.45) is 2.42. The second kappa shape index (κ2) is 7.78. The highest BCUT2D eigenvalue weighted by molar-refractivity contribution is 5.94. The van der Waals surface area contributed by atoms with E-state index in [1.54, 1.807) is 30.3 Å². The van der Waals surface area contributed by atoms with Crippen LogP contribution in [0.1, 0.15) is 15.9 Å². The Labute approximate surface area is 129 Å². The summed E-state index contributed by atoms with van der Waals surface area (Å²) in [5.41, 5.74) is 1.68. The van der Waals surface area contributed by atoms with Crippen LogP contribution < -0.4 is 4.74 Å². The van der Waals surface area contributed by atoms with Gasteiger partial charge in [0.25, 0.3) is 0 Å². The molecule has 2 aromatic carbocycles. The maximum Gasteiger partial charge on any atom is 0.337 e. The largest absolute Gasteiger partial charge is 0.488 e. The molecule has 0 amide bonds. The molecule has 0 atom stereocenters. The van der Waals surface area contributed by atoms with Gasteiger partial charge in [0.2, 0.25) is 0 Å². The van der Waals surface area contributed by atoms with Gasteiger partial charge in [-0.2, -0.15) is 0 Å². The number of methoxy groups -OCH3 is 1. The van der Waals surface area contributed by atoms with Gasteiger partial charge in [-0.15, -0.1) is 0 Å². The van der Waals surface area contributed by atoms with Gasteiger partial charge in [0, 0.05) is 0 Å². The van der Waals surface area contributed by atoms with E-state index in [1.807, 2.05) is 30.3 Å². The van der Waals surface area contributed by atoms with Crippen LogP contribution in [0.3, 0.4) is 0 Å². The Kier molecular flexibility index (Phi) is 5.49. The molecule has 0 saturated heterocycles. The number of rotatable bonds is 6. The molecular weight excluding hydrogens is 280 g/mol. The van der Waals surface area contributed by atoms with E-state index < -0.39 is 5.97 Å². The van der Waals surface area contributed by atoms with E-state index in [1.165, 1.54) is 7.11 Å². The van der Waals surface area contributed by atoms with Crippen molar-refractivity contribution in [3.63, 3.8) is 0 Å². The molecule has 0 saturated carbocycles. The Bertz CT molecular complexity index is 674. The van der Waals surface area contributed by atoms with Crippen molar-refractivity contribution in [2.75, 3.05) is 13.7 Å². The van der Waals surface area contributed by atoms with Crippen LogP contribution in [0.5, 0.6) is 5.75 Å². The Morgan fingerprint density at radius 3 is 2.41 bits per heavy atom. The van der Waals surface area contributed by atoms with E-state index in [4.69, 9.17) is 9.47 Å². The summed E-state index contributed by atoms with van der Waals surface area (Å²) < 4.78 is 10.4. The van der Waals surface area contributed by atoms with Gasteiger partial charge in [0.05, 0.1) is 18.2 Å². The first kappa shape index (κ1) is 15.5. The summed E-state index contributed by atoms with van der Waals surface area (Å²) in [6.45, 7) is 0.0203. The van der Waals surface area contributed by atoms with Crippen LogP contribution in [0.25, 0.3) is 6.08 Å². The predicted molar refractivity (Wildman–Crippen MR) is 83.8 cm³/mol. The SMILES string of the molecule is COC(=O)/C(=C/c1ccccc1)COc1ccccc1C=O. The zero-order valence-electron chi connectivity index (χ0n) is 12.2. The lowest BCUT2D eigenvalue weighted by molar-refractivity contribution is -0.136. The van der Waals surface area contributed by atoms with Crippen LogP contribution in [0.2, 0.25) is 0 Å². The number of aldehydes is 1.